The monoisotopic (exact) mass is 527 g/mol. The van der Waals surface area contributed by atoms with Crippen molar-refractivity contribution in [2.24, 2.45) is 10.9 Å². The van der Waals surface area contributed by atoms with Crippen LogP contribution in [0.3, 0.4) is 0 Å². The molecule has 1 saturated carbocycles. The SMILES string of the molecule is CN=C(NCc1cccc(OC)c1OC1CCCC1)NCC(C)Cn1cccn1.I. The highest BCUT2D eigenvalue weighted by Crippen LogP contribution is 2.34. The van der Waals surface area contributed by atoms with Crippen molar-refractivity contribution in [2.45, 2.75) is 51.8 Å². The Bertz CT molecular complexity index is 776. The number of guanidine groups is 1. The van der Waals surface area contributed by atoms with Crippen LogP contribution in [0.2, 0.25) is 0 Å². The fourth-order valence-electron chi connectivity index (χ4n) is 3.63. The Morgan fingerprint density at radius 1 is 1.27 bits per heavy atom. The number of methoxy groups -OCH3 is 1. The number of rotatable bonds is 9. The van der Waals surface area contributed by atoms with Gasteiger partial charge in [-0.25, -0.2) is 0 Å². The van der Waals surface area contributed by atoms with Gasteiger partial charge in [-0.3, -0.25) is 9.67 Å². The maximum atomic E-state index is 6.32. The quantitative estimate of drug-likeness (QED) is 0.295. The molecule has 1 unspecified atom stereocenters. The van der Waals surface area contributed by atoms with Crippen molar-refractivity contribution >= 4 is 29.9 Å². The van der Waals surface area contributed by atoms with E-state index in [9.17, 15) is 0 Å². The van der Waals surface area contributed by atoms with E-state index in [4.69, 9.17) is 9.47 Å². The smallest absolute Gasteiger partial charge is 0.191 e. The van der Waals surface area contributed by atoms with Crippen LogP contribution in [0, 0.1) is 5.92 Å². The van der Waals surface area contributed by atoms with E-state index in [1.807, 2.05) is 29.1 Å². The number of hydrogen-bond donors (Lipinski definition) is 2. The van der Waals surface area contributed by atoms with Crippen molar-refractivity contribution in [3.63, 3.8) is 0 Å². The van der Waals surface area contributed by atoms with Crippen molar-refractivity contribution in [3.8, 4) is 11.5 Å². The molecule has 7 nitrogen and oxygen atoms in total. The molecule has 0 amide bonds. The average molecular weight is 527 g/mol. The molecule has 2 N–H and O–H groups in total. The van der Waals surface area contributed by atoms with E-state index in [1.165, 1.54) is 12.8 Å². The number of para-hydroxylation sites is 1. The summed E-state index contributed by atoms with van der Waals surface area (Å²) in [5.41, 5.74) is 1.07. The fourth-order valence-corrected chi connectivity index (χ4v) is 3.63. The molecule has 1 heterocycles. The summed E-state index contributed by atoms with van der Waals surface area (Å²) in [4.78, 5) is 4.35. The van der Waals surface area contributed by atoms with Gasteiger partial charge in [0.15, 0.2) is 17.5 Å². The van der Waals surface area contributed by atoms with E-state index in [-0.39, 0.29) is 30.1 Å². The Balaban J connectivity index is 0.00000320. The van der Waals surface area contributed by atoms with Crippen LogP contribution < -0.4 is 20.1 Å². The first kappa shape index (κ1) is 24.3. The predicted octanol–water partition coefficient (Wildman–Crippen LogP) is 3.83. The van der Waals surface area contributed by atoms with Crippen molar-refractivity contribution < 1.29 is 9.47 Å². The fraction of sp³-hybridized carbons (Fsp3) is 0.545. The summed E-state index contributed by atoms with van der Waals surface area (Å²) in [6.45, 7) is 4.49. The van der Waals surface area contributed by atoms with Crippen LogP contribution in [-0.4, -0.2) is 42.5 Å². The number of hydrogen-bond acceptors (Lipinski definition) is 4. The molecule has 2 aromatic rings. The van der Waals surface area contributed by atoms with Crippen LogP contribution >= 0.6 is 24.0 Å². The standard InChI is InChI=1S/C22H33N5O2.HI/c1-17(16-27-13-7-12-26-27)14-24-22(23-2)25-15-18-8-6-11-20(28-3)21(18)29-19-9-4-5-10-19;/h6-8,11-13,17,19H,4-5,9-10,14-16H2,1-3H3,(H2,23,24,25);1H. The maximum absolute atomic E-state index is 6.32. The molecule has 1 aromatic carbocycles. The zero-order valence-corrected chi connectivity index (χ0v) is 20.5. The molecule has 8 heteroatoms. The number of benzene rings is 1. The van der Waals surface area contributed by atoms with Gasteiger partial charge in [0.05, 0.1) is 13.2 Å². The maximum Gasteiger partial charge on any atom is 0.191 e. The van der Waals surface area contributed by atoms with E-state index in [1.54, 1.807) is 20.4 Å². The number of nitrogens with one attached hydrogen (secondary N) is 2. The number of halogens is 1. The molecule has 0 spiro atoms. The van der Waals surface area contributed by atoms with E-state index in [0.717, 1.165) is 49.0 Å². The lowest BCUT2D eigenvalue weighted by atomic mass is 10.1. The van der Waals surface area contributed by atoms with Gasteiger partial charge < -0.3 is 20.1 Å². The summed E-state index contributed by atoms with van der Waals surface area (Å²) in [6, 6.07) is 7.98. The molecule has 0 radical (unpaired) electrons. The highest BCUT2D eigenvalue weighted by molar-refractivity contribution is 14.0. The first-order valence-corrected chi connectivity index (χ1v) is 10.4. The summed E-state index contributed by atoms with van der Waals surface area (Å²) in [6.07, 6.45) is 8.77. The third kappa shape index (κ3) is 7.07. The number of aliphatic imine (C=N–C) groups is 1. The summed E-state index contributed by atoms with van der Waals surface area (Å²) in [5, 5.41) is 11.1. The lowest BCUT2D eigenvalue weighted by Crippen LogP contribution is -2.39. The topological polar surface area (TPSA) is 72.7 Å². The minimum Gasteiger partial charge on any atom is -0.493 e. The zero-order valence-electron chi connectivity index (χ0n) is 18.1. The molecular formula is C22H34IN5O2. The third-order valence-electron chi connectivity index (χ3n) is 5.21. The van der Waals surface area contributed by atoms with Gasteiger partial charge in [-0.2, -0.15) is 5.10 Å². The first-order valence-electron chi connectivity index (χ1n) is 10.4. The number of nitrogens with zero attached hydrogens (tertiary/aromatic N) is 3. The van der Waals surface area contributed by atoms with Crippen LogP contribution in [0.1, 0.15) is 38.2 Å². The molecular weight excluding hydrogens is 493 g/mol. The Morgan fingerprint density at radius 2 is 2.07 bits per heavy atom. The molecule has 3 rings (SSSR count). The lowest BCUT2D eigenvalue weighted by Gasteiger charge is -2.20. The van der Waals surface area contributed by atoms with Crippen molar-refractivity contribution in [1.82, 2.24) is 20.4 Å². The van der Waals surface area contributed by atoms with Gasteiger partial charge in [-0.15, -0.1) is 24.0 Å². The van der Waals surface area contributed by atoms with Crippen molar-refractivity contribution in [1.29, 1.82) is 0 Å². The van der Waals surface area contributed by atoms with Gasteiger partial charge in [-0.1, -0.05) is 19.1 Å². The molecule has 1 fully saturated rings. The summed E-state index contributed by atoms with van der Waals surface area (Å²) >= 11 is 0. The molecule has 1 atom stereocenters. The Kier molecular flexibility index (Phi) is 10.3. The molecule has 166 valence electrons. The van der Waals surface area contributed by atoms with Crippen LogP contribution in [0.15, 0.2) is 41.7 Å². The van der Waals surface area contributed by atoms with Gasteiger partial charge in [-0.05, 0) is 43.7 Å². The second-order valence-corrected chi connectivity index (χ2v) is 7.61. The molecule has 1 aliphatic rings. The normalized spacial score (nSPS) is 15.4. The highest BCUT2D eigenvalue weighted by atomic mass is 127. The van der Waals surface area contributed by atoms with E-state index >= 15 is 0 Å². The van der Waals surface area contributed by atoms with Crippen LogP contribution in [0.25, 0.3) is 0 Å². The Labute approximate surface area is 196 Å². The molecule has 0 aliphatic heterocycles. The van der Waals surface area contributed by atoms with E-state index < -0.39 is 0 Å². The molecule has 0 saturated heterocycles. The highest BCUT2D eigenvalue weighted by Gasteiger charge is 2.20. The lowest BCUT2D eigenvalue weighted by molar-refractivity contribution is 0.198. The van der Waals surface area contributed by atoms with Gasteiger partial charge in [0.2, 0.25) is 0 Å². The van der Waals surface area contributed by atoms with Crippen LogP contribution in [0.4, 0.5) is 0 Å². The summed E-state index contributed by atoms with van der Waals surface area (Å²) in [7, 11) is 3.48. The van der Waals surface area contributed by atoms with Crippen molar-refractivity contribution in [3.05, 3.63) is 42.2 Å². The first-order chi connectivity index (χ1) is 14.2. The van der Waals surface area contributed by atoms with Crippen LogP contribution in [0.5, 0.6) is 11.5 Å². The average Bonchev–Trinajstić information content (AvgIpc) is 3.43. The second kappa shape index (κ2) is 12.7. The van der Waals surface area contributed by atoms with Gasteiger partial charge in [0.1, 0.15) is 0 Å². The number of aromatic nitrogens is 2. The molecule has 1 aromatic heterocycles. The van der Waals surface area contributed by atoms with E-state index in [0.29, 0.717) is 12.5 Å². The minimum atomic E-state index is 0. The van der Waals surface area contributed by atoms with Gasteiger partial charge in [0.25, 0.3) is 0 Å². The Morgan fingerprint density at radius 3 is 2.73 bits per heavy atom. The molecule has 0 bridgehead atoms. The van der Waals surface area contributed by atoms with Gasteiger partial charge >= 0.3 is 0 Å². The van der Waals surface area contributed by atoms with E-state index in [2.05, 4.69) is 33.7 Å². The number of ether oxygens (including phenoxy) is 2. The summed E-state index contributed by atoms with van der Waals surface area (Å²) in [5.74, 6) is 2.82. The van der Waals surface area contributed by atoms with Crippen LogP contribution in [-0.2, 0) is 13.1 Å². The zero-order chi connectivity index (χ0) is 20.5. The predicted molar refractivity (Wildman–Crippen MR) is 131 cm³/mol. The van der Waals surface area contributed by atoms with Gasteiger partial charge in [0, 0.05) is 44.6 Å². The molecule has 1 aliphatic carbocycles. The summed E-state index contributed by atoms with van der Waals surface area (Å²) < 4.78 is 13.8. The molecule has 30 heavy (non-hydrogen) atoms. The third-order valence-corrected chi connectivity index (χ3v) is 5.21. The second-order valence-electron chi connectivity index (χ2n) is 7.61. The van der Waals surface area contributed by atoms with Crippen molar-refractivity contribution in [2.75, 3.05) is 20.7 Å². The Hall–Kier alpha value is -1.97. The minimum absolute atomic E-state index is 0. The largest absolute Gasteiger partial charge is 0.493 e.